The number of hydrogen-bond acceptors (Lipinski definition) is 3. The van der Waals surface area contributed by atoms with Crippen LogP contribution in [0.5, 0.6) is 5.75 Å². The lowest BCUT2D eigenvalue weighted by atomic mass is 9.90. The van der Waals surface area contributed by atoms with Crippen LogP contribution >= 0.6 is 0 Å². The number of amides is 1. The lowest BCUT2D eigenvalue weighted by Gasteiger charge is -2.22. The number of rotatable bonds is 7. The average Bonchev–Trinajstić information content (AvgIpc) is 2.39. The predicted molar refractivity (Wildman–Crippen MR) is 78.0 cm³/mol. The number of para-hydroxylation sites is 2. The number of ether oxygens (including phenoxy) is 1. The minimum atomic E-state index is 0.0102. The first-order chi connectivity index (χ1) is 8.94. The molecule has 0 aromatic heterocycles. The molecule has 106 valence electrons. The van der Waals surface area contributed by atoms with Crippen molar-refractivity contribution < 1.29 is 9.53 Å². The van der Waals surface area contributed by atoms with Gasteiger partial charge in [0.25, 0.3) is 0 Å². The highest BCUT2D eigenvalue weighted by molar-refractivity contribution is 5.76. The van der Waals surface area contributed by atoms with E-state index in [-0.39, 0.29) is 11.3 Å². The lowest BCUT2D eigenvalue weighted by molar-refractivity contribution is -0.122. The highest BCUT2D eigenvalue weighted by Gasteiger charge is 2.15. The van der Waals surface area contributed by atoms with Gasteiger partial charge in [0, 0.05) is 6.54 Å². The van der Waals surface area contributed by atoms with Crippen LogP contribution in [0, 0.1) is 5.41 Å². The maximum atomic E-state index is 11.7. The summed E-state index contributed by atoms with van der Waals surface area (Å²) < 4.78 is 5.48. The fourth-order valence-corrected chi connectivity index (χ4v) is 1.42. The fourth-order valence-electron chi connectivity index (χ4n) is 1.42. The van der Waals surface area contributed by atoms with Crippen molar-refractivity contribution >= 4 is 11.6 Å². The van der Waals surface area contributed by atoms with E-state index < -0.39 is 0 Å². The van der Waals surface area contributed by atoms with Crippen molar-refractivity contribution in [2.75, 3.05) is 18.9 Å². The zero-order valence-electron chi connectivity index (χ0n) is 12.0. The summed E-state index contributed by atoms with van der Waals surface area (Å²) in [6, 6.07) is 7.28. The van der Waals surface area contributed by atoms with Gasteiger partial charge in [0.2, 0.25) is 5.91 Å². The van der Waals surface area contributed by atoms with Crippen molar-refractivity contribution in [1.29, 1.82) is 0 Å². The summed E-state index contributed by atoms with van der Waals surface area (Å²) in [6.45, 7) is 7.42. The van der Waals surface area contributed by atoms with Gasteiger partial charge in [-0.25, -0.2) is 0 Å². The Morgan fingerprint density at radius 3 is 2.68 bits per heavy atom. The van der Waals surface area contributed by atoms with Crippen molar-refractivity contribution in [3.63, 3.8) is 0 Å². The average molecular weight is 264 g/mol. The maximum Gasteiger partial charge on any atom is 0.223 e. The number of nitrogens with one attached hydrogen (secondary N) is 1. The van der Waals surface area contributed by atoms with Crippen molar-refractivity contribution in [2.45, 2.75) is 33.6 Å². The molecule has 0 radical (unpaired) electrons. The van der Waals surface area contributed by atoms with Crippen molar-refractivity contribution in [1.82, 2.24) is 5.32 Å². The smallest absolute Gasteiger partial charge is 0.223 e. The molecule has 0 atom stereocenters. The molecule has 4 heteroatoms. The first kappa shape index (κ1) is 15.3. The van der Waals surface area contributed by atoms with Crippen LogP contribution in [0.2, 0.25) is 0 Å². The zero-order valence-corrected chi connectivity index (χ0v) is 12.0. The largest absolute Gasteiger partial charge is 0.491 e. The topological polar surface area (TPSA) is 64.3 Å². The molecule has 1 amide bonds. The highest BCUT2D eigenvalue weighted by atomic mass is 16.5. The number of anilines is 1. The number of nitrogen functional groups attached to an aromatic ring is 1. The van der Waals surface area contributed by atoms with Crippen LogP contribution in [-0.2, 0) is 4.79 Å². The molecule has 4 nitrogen and oxygen atoms in total. The van der Waals surface area contributed by atoms with Crippen LogP contribution in [0.4, 0.5) is 5.69 Å². The second-order valence-electron chi connectivity index (χ2n) is 5.43. The first-order valence-electron chi connectivity index (χ1n) is 6.68. The van der Waals surface area contributed by atoms with Crippen LogP contribution in [0.1, 0.15) is 33.6 Å². The molecule has 1 aromatic rings. The second kappa shape index (κ2) is 7.02. The molecule has 0 heterocycles. The van der Waals surface area contributed by atoms with E-state index in [4.69, 9.17) is 10.5 Å². The summed E-state index contributed by atoms with van der Waals surface area (Å²) in [5.74, 6) is 0.639. The first-order valence-corrected chi connectivity index (χ1v) is 6.68. The molecule has 0 fully saturated rings. The van der Waals surface area contributed by atoms with Gasteiger partial charge in [0.05, 0.1) is 18.7 Å². The molecule has 19 heavy (non-hydrogen) atoms. The molecule has 0 aliphatic rings. The SMILES string of the molecule is CCC(C)(C)CNC(=O)CCOc1ccccc1N. The van der Waals surface area contributed by atoms with E-state index in [0.717, 1.165) is 6.42 Å². The van der Waals surface area contributed by atoms with Crippen LogP contribution in [-0.4, -0.2) is 19.1 Å². The zero-order chi connectivity index (χ0) is 14.3. The minimum absolute atomic E-state index is 0.0102. The fraction of sp³-hybridized carbons (Fsp3) is 0.533. The summed E-state index contributed by atoms with van der Waals surface area (Å²) in [4.78, 5) is 11.7. The Labute approximate surface area is 115 Å². The number of hydrogen-bond donors (Lipinski definition) is 2. The van der Waals surface area contributed by atoms with Gasteiger partial charge < -0.3 is 15.8 Å². The number of carbonyl (C=O) groups is 1. The third kappa shape index (κ3) is 5.64. The molecular formula is C15H24N2O2. The van der Waals surface area contributed by atoms with Gasteiger partial charge in [-0.1, -0.05) is 32.9 Å². The Bertz CT molecular complexity index is 416. The van der Waals surface area contributed by atoms with E-state index in [9.17, 15) is 4.79 Å². The minimum Gasteiger partial charge on any atom is -0.491 e. The van der Waals surface area contributed by atoms with Gasteiger partial charge in [-0.2, -0.15) is 0 Å². The van der Waals surface area contributed by atoms with Crippen molar-refractivity contribution in [3.05, 3.63) is 24.3 Å². The van der Waals surface area contributed by atoms with Crippen molar-refractivity contribution in [3.8, 4) is 5.75 Å². The summed E-state index contributed by atoms with van der Waals surface area (Å²) in [7, 11) is 0. The third-order valence-corrected chi connectivity index (χ3v) is 3.23. The molecule has 0 aliphatic heterocycles. The van der Waals surface area contributed by atoms with Gasteiger partial charge in [0.15, 0.2) is 0 Å². The molecule has 0 bridgehead atoms. The Morgan fingerprint density at radius 2 is 2.05 bits per heavy atom. The standard InChI is InChI=1S/C15H24N2O2/c1-4-15(2,3)11-17-14(18)9-10-19-13-8-6-5-7-12(13)16/h5-8H,4,9-11,16H2,1-3H3,(H,17,18). The Morgan fingerprint density at radius 1 is 1.37 bits per heavy atom. The summed E-state index contributed by atoms with van der Waals surface area (Å²) >= 11 is 0. The van der Waals surface area contributed by atoms with E-state index in [2.05, 4.69) is 26.1 Å². The molecule has 0 unspecified atom stereocenters. The molecule has 0 saturated heterocycles. The normalized spacial score (nSPS) is 11.1. The summed E-state index contributed by atoms with van der Waals surface area (Å²) in [6.07, 6.45) is 1.37. The van der Waals surface area contributed by atoms with Gasteiger partial charge in [-0.15, -0.1) is 0 Å². The lowest BCUT2D eigenvalue weighted by Crippen LogP contribution is -2.34. The van der Waals surface area contributed by atoms with Gasteiger partial charge in [-0.3, -0.25) is 4.79 Å². The molecule has 0 aliphatic carbocycles. The monoisotopic (exact) mass is 264 g/mol. The van der Waals surface area contributed by atoms with Crippen LogP contribution < -0.4 is 15.8 Å². The third-order valence-electron chi connectivity index (χ3n) is 3.23. The van der Waals surface area contributed by atoms with Crippen LogP contribution in [0.25, 0.3) is 0 Å². The second-order valence-corrected chi connectivity index (χ2v) is 5.43. The van der Waals surface area contributed by atoms with E-state index in [1.54, 1.807) is 12.1 Å². The Kier molecular flexibility index (Phi) is 5.67. The van der Waals surface area contributed by atoms with Crippen LogP contribution in [0.15, 0.2) is 24.3 Å². The van der Waals surface area contributed by atoms with Crippen LogP contribution in [0.3, 0.4) is 0 Å². The quantitative estimate of drug-likeness (QED) is 0.744. The van der Waals surface area contributed by atoms with E-state index in [0.29, 0.717) is 31.0 Å². The molecular weight excluding hydrogens is 240 g/mol. The van der Waals surface area contributed by atoms with E-state index >= 15 is 0 Å². The molecule has 1 aromatic carbocycles. The van der Waals surface area contributed by atoms with Crippen molar-refractivity contribution in [2.24, 2.45) is 5.41 Å². The van der Waals surface area contributed by atoms with Gasteiger partial charge >= 0.3 is 0 Å². The maximum absolute atomic E-state index is 11.7. The molecule has 0 spiro atoms. The van der Waals surface area contributed by atoms with Gasteiger partial charge in [-0.05, 0) is 24.0 Å². The molecule has 0 saturated carbocycles. The van der Waals surface area contributed by atoms with E-state index in [1.165, 1.54) is 0 Å². The predicted octanol–water partition coefficient (Wildman–Crippen LogP) is 2.59. The number of benzene rings is 1. The Balaban J connectivity index is 2.26. The summed E-state index contributed by atoms with van der Waals surface area (Å²) in [5.41, 5.74) is 6.48. The molecule has 3 N–H and O–H groups in total. The van der Waals surface area contributed by atoms with E-state index in [1.807, 2.05) is 12.1 Å². The highest BCUT2D eigenvalue weighted by Crippen LogP contribution is 2.20. The molecule has 1 rings (SSSR count). The van der Waals surface area contributed by atoms with Gasteiger partial charge in [0.1, 0.15) is 5.75 Å². The number of nitrogens with two attached hydrogens (primary N) is 1. The number of carbonyl (C=O) groups excluding carboxylic acids is 1. The summed E-state index contributed by atoms with van der Waals surface area (Å²) in [5, 5.41) is 2.92. The Hall–Kier alpha value is -1.71.